The van der Waals surface area contributed by atoms with Crippen LogP contribution < -0.4 is 0 Å². The maximum atomic E-state index is 13.4. The summed E-state index contributed by atoms with van der Waals surface area (Å²) in [5.41, 5.74) is 0.493. The number of aldehydes is 1. The van der Waals surface area contributed by atoms with Crippen molar-refractivity contribution in [3.05, 3.63) is 36.3 Å². The summed E-state index contributed by atoms with van der Waals surface area (Å²) in [5.74, 6) is -0.291. The molecule has 1 atom stereocenters. The average Bonchev–Trinajstić information content (AvgIpc) is 2.62. The molecular formula is C11H10FNO. The monoisotopic (exact) mass is 191 g/mol. The van der Waals surface area contributed by atoms with Gasteiger partial charge in [-0.2, -0.15) is 0 Å². The Morgan fingerprint density at radius 3 is 2.93 bits per heavy atom. The Kier molecular flexibility index (Phi) is 2.08. The summed E-state index contributed by atoms with van der Waals surface area (Å²) in [7, 11) is 0. The van der Waals surface area contributed by atoms with Crippen LogP contribution in [0.15, 0.2) is 30.5 Å². The molecule has 3 heteroatoms. The lowest BCUT2D eigenvalue weighted by molar-refractivity contribution is -0.110. The third kappa shape index (κ3) is 1.21. The maximum Gasteiger partial charge on any atom is 0.147 e. The lowest BCUT2D eigenvalue weighted by Gasteiger charge is -2.08. The van der Waals surface area contributed by atoms with Crippen LogP contribution in [0.2, 0.25) is 0 Å². The van der Waals surface area contributed by atoms with Crippen LogP contribution in [0.25, 0.3) is 10.9 Å². The maximum absolute atomic E-state index is 13.4. The van der Waals surface area contributed by atoms with E-state index in [-0.39, 0.29) is 11.9 Å². The first kappa shape index (κ1) is 8.94. The zero-order valence-corrected chi connectivity index (χ0v) is 7.77. The first-order valence-electron chi connectivity index (χ1n) is 4.44. The van der Waals surface area contributed by atoms with Crippen molar-refractivity contribution in [2.24, 2.45) is 0 Å². The molecule has 1 aromatic carbocycles. The number of nitrogens with zero attached hydrogens (tertiary/aromatic N) is 1. The normalized spacial score (nSPS) is 13.0. The molecule has 14 heavy (non-hydrogen) atoms. The molecule has 0 amide bonds. The molecule has 2 nitrogen and oxygen atoms in total. The first-order chi connectivity index (χ1) is 6.74. The van der Waals surface area contributed by atoms with Gasteiger partial charge in [0.25, 0.3) is 0 Å². The highest BCUT2D eigenvalue weighted by Gasteiger charge is 2.09. The van der Waals surface area contributed by atoms with Gasteiger partial charge in [0, 0.05) is 11.6 Å². The second-order valence-corrected chi connectivity index (χ2v) is 3.28. The predicted molar refractivity (Wildman–Crippen MR) is 52.7 cm³/mol. The number of aromatic nitrogens is 1. The molecule has 0 aliphatic rings. The number of hydrogen-bond donors (Lipinski definition) is 0. The number of fused-ring (bicyclic) bond motifs is 1. The quantitative estimate of drug-likeness (QED) is 0.668. The molecule has 0 saturated heterocycles. The van der Waals surface area contributed by atoms with Gasteiger partial charge in [0.05, 0.1) is 11.6 Å². The van der Waals surface area contributed by atoms with Crippen molar-refractivity contribution < 1.29 is 9.18 Å². The van der Waals surface area contributed by atoms with Gasteiger partial charge in [-0.3, -0.25) is 0 Å². The van der Waals surface area contributed by atoms with E-state index in [2.05, 4.69) is 0 Å². The van der Waals surface area contributed by atoms with E-state index >= 15 is 0 Å². The van der Waals surface area contributed by atoms with Gasteiger partial charge in [0.2, 0.25) is 0 Å². The van der Waals surface area contributed by atoms with Crippen LogP contribution in [-0.4, -0.2) is 10.9 Å². The lowest BCUT2D eigenvalue weighted by Crippen LogP contribution is -2.05. The van der Waals surface area contributed by atoms with Crippen molar-refractivity contribution in [2.45, 2.75) is 13.0 Å². The minimum absolute atomic E-state index is 0.291. The lowest BCUT2D eigenvalue weighted by atomic mass is 10.2. The molecule has 0 fully saturated rings. The summed E-state index contributed by atoms with van der Waals surface area (Å²) in [6, 6.07) is 6.36. The fraction of sp³-hybridized carbons (Fsp3) is 0.182. The topological polar surface area (TPSA) is 22.0 Å². The molecule has 1 heterocycles. The van der Waals surface area contributed by atoms with Gasteiger partial charge in [-0.1, -0.05) is 12.1 Å². The van der Waals surface area contributed by atoms with E-state index in [0.717, 1.165) is 11.7 Å². The molecular weight excluding hydrogens is 181 g/mol. The van der Waals surface area contributed by atoms with Crippen molar-refractivity contribution in [1.82, 2.24) is 4.57 Å². The van der Waals surface area contributed by atoms with Crippen LogP contribution in [0.3, 0.4) is 0 Å². The van der Waals surface area contributed by atoms with Gasteiger partial charge in [0.15, 0.2) is 0 Å². The van der Waals surface area contributed by atoms with Crippen LogP contribution in [0.5, 0.6) is 0 Å². The molecule has 0 spiro atoms. The van der Waals surface area contributed by atoms with Gasteiger partial charge >= 0.3 is 0 Å². The van der Waals surface area contributed by atoms with E-state index in [9.17, 15) is 9.18 Å². The van der Waals surface area contributed by atoms with E-state index in [1.807, 2.05) is 6.07 Å². The predicted octanol–water partition coefficient (Wildman–Crippen LogP) is 2.54. The minimum Gasteiger partial charge on any atom is -0.335 e. The second-order valence-electron chi connectivity index (χ2n) is 3.28. The van der Waals surface area contributed by atoms with Crippen molar-refractivity contribution in [2.75, 3.05) is 0 Å². The van der Waals surface area contributed by atoms with Crippen molar-refractivity contribution in [3.63, 3.8) is 0 Å². The molecule has 1 aromatic heterocycles. The minimum atomic E-state index is -0.329. The number of carbonyl (C=O) groups is 1. The fourth-order valence-electron chi connectivity index (χ4n) is 1.58. The molecule has 0 aliphatic carbocycles. The number of hydrogen-bond acceptors (Lipinski definition) is 1. The van der Waals surface area contributed by atoms with Crippen LogP contribution in [0.4, 0.5) is 4.39 Å². The SMILES string of the molecule is CC(C=O)n1ccc2cccc(F)c21. The van der Waals surface area contributed by atoms with Crippen molar-refractivity contribution >= 4 is 17.2 Å². The van der Waals surface area contributed by atoms with E-state index in [0.29, 0.717) is 5.52 Å². The number of halogens is 1. The molecule has 2 rings (SSSR count). The third-order valence-electron chi connectivity index (χ3n) is 2.33. The van der Waals surface area contributed by atoms with E-state index < -0.39 is 0 Å². The number of carbonyl (C=O) groups excluding carboxylic acids is 1. The molecule has 0 saturated carbocycles. The van der Waals surface area contributed by atoms with Crippen molar-refractivity contribution in [1.29, 1.82) is 0 Å². The van der Waals surface area contributed by atoms with Gasteiger partial charge < -0.3 is 9.36 Å². The van der Waals surface area contributed by atoms with E-state index in [4.69, 9.17) is 0 Å². The zero-order valence-electron chi connectivity index (χ0n) is 7.77. The molecule has 0 radical (unpaired) electrons. The number of rotatable bonds is 2. The third-order valence-corrected chi connectivity index (χ3v) is 2.33. The zero-order chi connectivity index (χ0) is 10.1. The summed E-state index contributed by atoms with van der Waals surface area (Å²) >= 11 is 0. The standard InChI is InChI=1S/C11H10FNO/c1-8(7-14)13-6-5-9-3-2-4-10(12)11(9)13/h2-8H,1H3. The van der Waals surface area contributed by atoms with Gasteiger partial charge in [-0.25, -0.2) is 4.39 Å². The molecule has 0 aliphatic heterocycles. The van der Waals surface area contributed by atoms with Gasteiger partial charge in [0.1, 0.15) is 12.1 Å². The Bertz CT molecular complexity index is 475. The van der Waals surface area contributed by atoms with Crippen molar-refractivity contribution in [3.8, 4) is 0 Å². The second kappa shape index (κ2) is 3.25. The Morgan fingerprint density at radius 2 is 2.21 bits per heavy atom. The van der Waals surface area contributed by atoms with Crippen LogP contribution in [0, 0.1) is 5.82 Å². The molecule has 1 unspecified atom stereocenters. The summed E-state index contributed by atoms with van der Waals surface area (Å²) in [6.45, 7) is 1.74. The Hall–Kier alpha value is -1.64. The summed E-state index contributed by atoms with van der Waals surface area (Å²) < 4.78 is 15.1. The molecule has 0 bridgehead atoms. The van der Waals surface area contributed by atoms with Gasteiger partial charge in [-0.05, 0) is 19.1 Å². The first-order valence-corrected chi connectivity index (χ1v) is 4.44. The summed E-state index contributed by atoms with van der Waals surface area (Å²) in [4.78, 5) is 10.6. The molecule has 2 aromatic rings. The Balaban J connectivity index is 2.72. The van der Waals surface area contributed by atoms with Crippen LogP contribution >= 0.6 is 0 Å². The smallest absolute Gasteiger partial charge is 0.147 e. The van der Waals surface area contributed by atoms with E-state index in [1.54, 1.807) is 29.8 Å². The highest BCUT2D eigenvalue weighted by atomic mass is 19.1. The number of para-hydroxylation sites is 1. The average molecular weight is 191 g/mol. The van der Waals surface area contributed by atoms with Crippen LogP contribution in [-0.2, 0) is 4.79 Å². The molecule has 0 N–H and O–H groups in total. The van der Waals surface area contributed by atoms with Gasteiger partial charge in [-0.15, -0.1) is 0 Å². The van der Waals surface area contributed by atoms with E-state index in [1.165, 1.54) is 6.07 Å². The highest BCUT2D eigenvalue weighted by Crippen LogP contribution is 2.21. The highest BCUT2D eigenvalue weighted by molar-refractivity contribution is 5.81. The Labute approximate surface area is 81.0 Å². The number of benzene rings is 1. The van der Waals surface area contributed by atoms with Crippen LogP contribution in [0.1, 0.15) is 13.0 Å². The summed E-state index contributed by atoms with van der Waals surface area (Å²) in [6.07, 6.45) is 2.53. The molecule has 72 valence electrons. The fourth-order valence-corrected chi connectivity index (χ4v) is 1.58. The Morgan fingerprint density at radius 1 is 1.43 bits per heavy atom. The largest absolute Gasteiger partial charge is 0.335 e. The summed E-state index contributed by atoms with van der Waals surface area (Å²) in [5, 5.41) is 0.818.